The van der Waals surface area contributed by atoms with Gasteiger partial charge in [-0.3, -0.25) is 0 Å². The van der Waals surface area contributed by atoms with Crippen LogP contribution in [-0.2, 0) is 16.7 Å². The summed E-state index contributed by atoms with van der Waals surface area (Å²) in [5, 5.41) is 16.8. The molecule has 1 N–H and O–H groups in total. The Labute approximate surface area is 113 Å². The van der Waals surface area contributed by atoms with Crippen molar-refractivity contribution in [3.05, 3.63) is 11.4 Å². The van der Waals surface area contributed by atoms with Gasteiger partial charge in [-0.15, -0.1) is 5.10 Å². The lowest BCUT2D eigenvalue weighted by Crippen LogP contribution is -2.23. The van der Waals surface area contributed by atoms with Crippen molar-refractivity contribution in [2.24, 2.45) is 5.92 Å². The molecule has 0 saturated heterocycles. The average Bonchev–Trinajstić information content (AvgIpc) is 2.67. The maximum atomic E-state index is 11.2. The monoisotopic (exact) mass is 269 g/mol. The quantitative estimate of drug-likeness (QED) is 0.799. The van der Waals surface area contributed by atoms with Gasteiger partial charge in [0.25, 0.3) is 0 Å². The van der Waals surface area contributed by atoms with Crippen LogP contribution < -0.4 is 0 Å². The van der Waals surface area contributed by atoms with Crippen LogP contribution in [-0.4, -0.2) is 39.3 Å². The van der Waals surface area contributed by atoms with E-state index in [0.29, 0.717) is 31.4 Å². The second kappa shape index (κ2) is 6.14. The largest absolute Gasteiger partial charge is 0.476 e. The molecule has 0 radical (unpaired) electrons. The van der Waals surface area contributed by atoms with Crippen molar-refractivity contribution in [1.82, 2.24) is 15.0 Å². The van der Waals surface area contributed by atoms with Crippen LogP contribution in [0.15, 0.2) is 0 Å². The maximum absolute atomic E-state index is 11.2. The topological polar surface area (TPSA) is 77.2 Å². The van der Waals surface area contributed by atoms with E-state index >= 15 is 0 Å². The fourth-order valence-electron chi connectivity index (χ4n) is 1.83. The first-order chi connectivity index (χ1) is 8.73. The van der Waals surface area contributed by atoms with Crippen LogP contribution in [0.1, 0.15) is 50.8 Å². The fourth-order valence-corrected chi connectivity index (χ4v) is 1.83. The minimum atomic E-state index is -1.04. The third kappa shape index (κ3) is 4.31. The lowest BCUT2D eigenvalue weighted by Gasteiger charge is -2.20. The predicted octanol–water partition coefficient (Wildman–Crippen LogP) is 1.95. The van der Waals surface area contributed by atoms with Gasteiger partial charge in [0.1, 0.15) is 0 Å². The summed E-state index contributed by atoms with van der Waals surface area (Å²) in [6, 6.07) is 0. The standard InChI is InChI=1S/C13H23N3O3/c1-9(2)8-19-7-6-16-11(13(3,4)5)10(12(17)18)14-15-16/h9H,6-8H2,1-5H3,(H,17,18). The Morgan fingerprint density at radius 3 is 2.53 bits per heavy atom. The van der Waals surface area contributed by atoms with Gasteiger partial charge in [-0.1, -0.05) is 39.8 Å². The minimum absolute atomic E-state index is 0.0244. The SMILES string of the molecule is CC(C)COCCn1nnc(C(=O)O)c1C(C)(C)C. The van der Waals surface area contributed by atoms with Crippen molar-refractivity contribution >= 4 is 5.97 Å². The van der Waals surface area contributed by atoms with Crippen molar-refractivity contribution in [2.75, 3.05) is 13.2 Å². The molecule has 0 bridgehead atoms. The van der Waals surface area contributed by atoms with Gasteiger partial charge in [0, 0.05) is 12.0 Å². The summed E-state index contributed by atoms with van der Waals surface area (Å²) in [6.45, 7) is 11.7. The molecule has 1 heterocycles. The Kier molecular flexibility index (Phi) is 5.05. The normalized spacial score (nSPS) is 12.1. The number of ether oxygens (including phenoxy) is 1. The highest BCUT2D eigenvalue weighted by atomic mass is 16.5. The molecule has 0 atom stereocenters. The van der Waals surface area contributed by atoms with Gasteiger partial charge in [0.2, 0.25) is 0 Å². The van der Waals surface area contributed by atoms with Gasteiger partial charge in [-0.05, 0) is 5.92 Å². The molecule has 0 amide bonds. The Morgan fingerprint density at radius 1 is 1.42 bits per heavy atom. The molecule has 0 aliphatic heterocycles. The molecule has 0 fully saturated rings. The molecular formula is C13H23N3O3. The van der Waals surface area contributed by atoms with Crippen LogP contribution in [0.2, 0.25) is 0 Å². The number of aromatic nitrogens is 3. The van der Waals surface area contributed by atoms with Crippen LogP contribution in [0.3, 0.4) is 0 Å². The highest BCUT2D eigenvalue weighted by Gasteiger charge is 2.28. The van der Waals surface area contributed by atoms with Crippen LogP contribution in [0.4, 0.5) is 0 Å². The van der Waals surface area contributed by atoms with E-state index in [4.69, 9.17) is 9.84 Å². The second-order valence-electron chi connectivity index (χ2n) is 6.03. The zero-order valence-corrected chi connectivity index (χ0v) is 12.3. The molecule has 19 heavy (non-hydrogen) atoms. The molecule has 0 aliphatic rings. The fraction of sp³-hybridized carbons (Fsp3) is 0.769. The number of carbonyl (C=O) groups is 1. The summed E-state index contributed by atoms with van der Waals surface area (Å²) < 4.78 is 7.13. The molecule has 1 aromatic heterocycles. The molecular weight excluding hydrogens is 246 g/mol. The molecule has 1 aromatic rings. The first kappa shape index (κ1) is 15.6. The van der Waals surface area contributed by atoms with Crippen LogP contribution in [0.25, 0.3) is 0 Å². The van der Waals surface area contributed by atoms with Crippen LogP contribution in [0, 0.1) is 5.92 Å². The van der Waals surface area contributed by atoms with E-state index in [1.807, 2.05) is 20.8 Å². The van der Waals surface area contributed by atoms with Gasteiger partial charge >= 0.3 is 5.97 Å². The number of hydrogen-bond acceptors (Lipinski definition) is 4. The lowest BCUT2D eigenvalue weighted by molar-refractivity contribution is 0.0687. The first-order valence-corrected chi connectivity index (χ1v) is 6.48. The van der Waals surface area contributed by atoms with E-state index in [0.717, 1.165) is 0 Å². The number of hydrogen-bond donors (Lipinski definition) is 1. The maximum Gasteiger partial charge on any atom is 0.358 e. The molecule has 0 saturated carbocycles. The molecule has 0 unspecified atom stereocenters. The Morgan fingerprint density at radius 2 is 2.05 bits per heavy atom. The summed E-state index contributed by atoms with van der Waals surface area (Å²) in [5.74, 6) is -0.563. The number of aromatic carboxylic acids is 1. The number of carboxylic acids is 1. The molecule has 0 aromatic carbocycles. The van der Waals surface area contributed by atoms with E-state index < -0.39 is 5.97 Å². The minimum Gasteiger partial charge on any atom is -0.476 e. The first-order valence-electron chi connectivity index (χ1n) is 6.48. The van der Waals surface area contributed by atoms with E-state index in [-0.39, 0.29) is 11.1 Å². The Hall–Kier alpha value is -1.43. The van der Waals surface area contributed by atoms with Crippen molar-refractivity contribution in [1.29, 1.82) is 0 Å². The zero-order chi connectivity index (χ0) is 14.6. The zero-order valence-electron chi connectivity index (χ0n) is 12.3. The van der Waals surface area contributed by atoms with E-state index in [9.17, 15) is 4.79 Å². The van der Waals surface area contributed by atoms with Crippen molar-refractivity contribution in [2.45, 2.75) is 46.6 Å². The Bertz CT molecular complexity index is 433. The molecule has 0 spiro atoms. The van der Waals surface area contributed by atoms with Gasteiger partial charge in [-0.2, -0.15) is 0 Å². The molecule has 108 valence electrons. The second-order valence-corrected chi connectivity index (χ2v) is 6.03. The molecule has 1 rings (SSSR count). The number of rotatable bonds is 6. The van der Waals surface area contributed by atoms with E-state index in [2.05, 4.69) is 24.2 Å². The molecule has 6 nitrogen and oxygen atoms in total. The van der Waals surface area contributed by atoms with E-state index in [1.165, 1.54) is 0 Å². The van der Waals surface area contributed by atoms with Crippen molar-refractivity contribution < 1.29 is 14.6 Å². The predicted molar refractivity (Wildman–Crippen MR) is 71.3 cm³/mol. The van der Waals surface area contributed by atoms with Crippen LogP contribution in [0.5, 0.6) is 0 Å². The average molecular weight is 269 g/mol. The molecule has 0 aliphatic carbocycles. The number of carboxylic acid groups (broad SMARTS) is 1. The van der Waals surface area contributed by atoms with Gasteiger partial charge < -0.3 is 9.84 Å². The number of nitrogens with zero attached hydrogens (tertiary/aromatic N) is 3. The highest BCUT2D eigenvalue weighted by molar-refractivity contribution is 5.86. The van der Waals surface area contributed by atoms with Gasteiger partial charge in [0.15, 0.2) is 5.69 Å². The van der Waals surface area contributed by atoms with Crippen LogP contribution >= 0.6 is 0 Å². The van der Waals surface area contributed by atoms with E-state index in [1.54, 1.807) is 4.68 Å². The third-order valence-electron chi connectivity index (χ3n) is 2.55. The molecule has 6 heteroatoms. The van der Waals surface area contributed by atoms with Crippen molar-refractivity contribution in [3.63, 3.8) is 0 Å². The Balaban J connectivity index is 2.81. The lowest BCUT2D eigenvalue weighted by atomic mass is 9.90. The summed E-state index contributed by atoms with van der Waals surface area (Å²) in [6.07, 6.45) is 0. The summed E-state index contributed by atoms with van der Waals surface area (Å²) >= 11 is 0. The highest BCUT2D eigenvalue weighted by Crippen LogP contribution is 2.24. The summed E-state index contributed by atoms with van der Waals surface area (Å²) in [7, 11) is 0. The van der Waals surface area contributed by atoms with Gasteiger partial charge in [0.05, 0.1) is 18.8 Å². The smallest absolute Gasteiger partial charge is 0.358 e. The van der Waals surface area contributed by atoms with Crippen molar-refractivity contribution in [3.8, 4) is 0 Å². The third-order valence-corrected chi connectivity index (χ3v) is 2.55. The summed E-state index contributed by atoms with van der Waals surface area (Å²) in [4.78, 5) is 11.2. The van der Waals surface area contributed by atoms with Gasteiger partial charge in [-0.25, -0.2) is 9.48 Å². The summed E-state index contributed by atoms with van der Waals surface area (Å²) in [5.41, 5.74) is 0.333.